The Balaban J connectivity index is 0.00000300. The number of nitrogens with one attached hydrogen (secondary N) is 1. The Morgan fingerprint density at radius 1 is 1.03 bits per heavy atom. The van der Waals surface area contributed by atoms with E-state index < -0.39 is 5.91 Å². The van der Waals surface area contributed by atoms with Gasteiger partial charge >= 0.3 is 0 Å². The van der Waals surface area contributed by atoms with Gasteiger partial charge in [0, 0.05) is 24.5 Å². The maximum atomic E-state index is 13.1. The minimum absolute atomic E-state index is 0. The molecule has 0 radical (unpaired) electrons. The summed E-state index contributed by atoms with van der Waals surface area (Å²) in [6.07, 6.45) is 3.90. The molecule has 1 aromatic heterocycles. The molecule has 0 bridgehead atoms. The van der Waals surface area contributed by atoms with Crippen molar-refractivity contribution in [1.82, 2.24) is 10.3 Å². The van der Waals surface area contributed by atoms with Gasteiger partial charge in [0.2, 0.25) is 5.91 Å². The van der Waals surface area contributed by atoms with Crippen LogP contribution in [0.4, 0.5) is 4.39 Å². The molecule has 0 saturated heterocycles. The first-order valence-electron chi connectivity index (χ1n) is 9.05. The van der Waals surface area contributed by atoms with Gasteiger partial charge < -0.3 is 15.8 Å². The second-order valence-electron chi connectivity index (χ2n) is 6.33. The SMILES string of the molecule is Cl.NC(=O)c1cncc(-c2ccc(OCCNCCc3cccc(F)c3)cc2)c1. The molecule has 2 aromatic carbocycles. The fourth-order valence-corrected chi connectivity index (χ4v) is 2.77. The van der Waals surface area contributed by atoms with Gasteiger partial charge in [0.25, 0.3) is 0 Å². The van der Waals surface area contributed by atoms with E-state index in [1.807, 2.05) is 30.3 Å². The predicted octanol–water partition coefficient (Wildman–Crippen LogP) is 3.62. The highest BCUT2D eigenvalue weighted by Crippen LogP contribution is 2.22. The van der Waals surface area contributed by atoms with E-state index in [1.165, 1.54) is 12.3 Å². The van der Waals surface area contributed by atoms with Crippen LogP contribution in [-0.2, 0) is 6.42 Å². The average Bonchev–Trinajstić information content (AvgIpc) is 2.71. The van der Waals surface area contributed by atoms with Crippen LogP contribution in [-0.4, -0.2) is 30.6 Å². The molecule has 0 fully saturated rings. The minimum atomic E-state index is -0.501. The number of carbonyl (C=O) groups excluding carboxylic acids is 1. The Hall–Kier alpha value is -2.96. The van der Waals surface area contributed by atoms with Gasteiger partial charge in [-0.05, 0) is 54.4 Å². The van der Waals surface area contributed by atoms with Crippen LogP contribution < -0.4 is 15.8 Å². The Bertz CT molecular complexity index is 935. The van der Waals surface area contributed by atoms with Crippen LogP contribution in [0.25, 0.3) is 11.1 Å². The fourth-order valence-electron chi connectivity index (χ4n) is 2.77. The number of primary amides is 1. The molecule has 0 saturated carbocycles. The van der Waals surface area contributed by atoms with Crippen LogP contribution >= 0.6 is 12.4 Å². The molecular formula is C22H23ClFN3O2. The number of nitrogens with zero attached hydrogens (tertiary/aromatic N) is 1. The number of halogens is 2. The molecule has 0 aliphatic carbocycles. The topological polar surface area (TPSA) is 77.2 Å². The molecule has 3 N–H and O–H groups in total. The molecule has 29 heavy (non-hydrogen) atoms. The van der Waals surface area contributed by atoms with Crippen molar-refractivity contribution in [2.75, 3.05) is 19.7 Å². The largest absolute Gasteiger partial charge is 0.492 e. The highest BCUT2D eigenvalue weighted by atomic mass is 35.5. The molecule has 3 rings (SSSR count). The number of hydrogen-bond acceptors (Lipinski definition) is 4. The van der Waals surface area contributed by atoms with Gasteiger partial charge in [-0.25, -0.2) is 4.39 Å². The number of pyridine rings is 1. The first kappa shape index (κ1) is 22.3. The molecule has 152 valence electrons. The summed E-state index contributed by atoms with van der Waals surface area (Å²) in [5.41, 5.74) is 8.39. The number of rotatable bonds is 9. The molecule has 0 aliphatic heterocycles. The number of amides is 1. The lowest BCUT2D eigenvalue weighted by molar-refractivity contribution is 0.1000. The van der Waals surface area contributed by atoms with Crippen molar-refractivity contribution < 1.29 is 13.9 Å². The van der Waals surface area contributed by atoms with Crippen LogP contribution in [0.2, 0.25) is 0 Å². The third-order valence-corrected chi connectivity index (χ3v) is 4.24. The van der Waals surface area contributed by atoms with Crippen molar-refractivity contribution in [2.24, 2.45) is 5.73 Å². The van der Waals surface area contributed by atoms with Gasteiger partial charge in [-0.15, -0.1) is 12.4 Å². The van der Waals surface area contributed by atoms with E-state index in [1.54, 1.807) is 24.4 Å². The maximum Gasteiger partial charge on any atom is 0.250 e. The number of nitrogens with two attached hydrogens (primary N) is 1. The molecule has 5 nitrogen and oxygen atoms in total. The van der Waals surface area contributed by atoms with Crippen molar-refractivity contribution in [3.8, 4) is 16.9 Å². The third-order valence-electron chi connectivity index (χ3n) is 4.24. The van der Waals surface area contributed by atoms with Gasteiger partial charge in [0.15, 0.2) is 0 Å². The van der Waals surface area contributed by atoms with Gasteiger partial charge in [0.05, 0.1) is 5.56 Å². The summed E-state index contributed by atoms with van der Waals surface area (Å²) in [5.74, 6) is 0.0512. The molecule has 7 heteroatoms. The summed E-state index contributed by atoms with van der Waals surface area (Å²) < 4.78 is 18.8. The van der Waals surface area contributed by atoms with Crippen LogP contribution in [0, 0.1) is 5.82 Å². The number of benzene rings is 2. The molecule has 0 spiro atoms. The van der Waals surface area contributed by atoms with Gasteiger partial charge in [0.1, 0.15) is 18.2 Å². The fraction of sp³-hybridized carbons (Fsp3) is 0.182. The van der Waals surface area contributed by atoms with E-state index in [0.717, 1.165) is 35.4 Å². The van der Waals surface area contributed by atoms with Crippen molar-refractivity contribution in [1.29, 1.82) is 0 Å². The second kappa shape index (κ2) is 11.1. The highest BCUT2D eigenvalue weighted by Gasteiger charge is 2.04. The first-order valence-corrected chi connectivity index (χ1v) is 9.05. The number of hydrogen-bond donors (Lipinski definition) is 2. The lowest BCUT2D eigenvalue weighted by atomic mass is 10.1. The van der Waals surface area contributed by atoms with E-state index in [4.69, 9.17) is 10.5 Å². The zero-order chi connectivity index (χ0) is 19.8. The monoisotopic (exact) mass is 415 g/mol. The molecular weight excluding hydrogens is 393 g/mol. The molecule has 1 amide bonds. The summed E-state index contributed by atoms with van der Waals surface area (Å²) in [4.78, 5) is 15.3. The van der Waals surface area contributed by atoms with Crippen LogP contribution in [0.3, 0.4) is 0 Å². The minimum Gasteiger partial charge on any atom is -0.492 e. The van der Waals surface area contributed by atoms with E-state index in [2.05, 4.69) is 10.3 Å². The summed E-state index contributed by atoms with van der Waals surface area (Å²) in [7, 11) is 0. The smallest absolute Gasteiger partial charge is 0.250 e. The zero-order valence-electron chi connectivity index (χ0n) is 15.8. The first-order chi connectivity index (χ1) is 13.6. The number of aromatic nitrogens is 1. The van der Waals surface area contributed by atoms with Crippen molar-refractivity contribution >= 4 is 18.3 Å². The van der Waals surface area contributed by atoms with Crippen LogP contribution in [0.1, 0.15) is 15.9 Å². The summed E-state index contributed by atoms with van der Waals surface area (Å²) in [6, 6.07) is 15.9. The van der Waals surface area contributed by atoms with Crippen LogP contribution in [0.5, 0.6) is 5.75 Å². The average molecular weight is 416 g/mol. The lowest BCUT2D eigenvalue weighted by Crippen LogP contribution is -2.23. The Kier molecular flexibility index (Phi) is 8.58. The van der Waals surface area contributed by atoms with Crippen molar-refractivity contribution in [2.45, 2.75) is 6.42 Å². The van der Waals surface area contributed by atoms with E-state index in [-0.39, 0.29) is 18.2 Å². The van der Waals surface area contributed by atoms with Gasteiger partial charge in [-0.2, -0.15) is 0 Å². The second-order valence-corrected chi connectivity index (χ2v) is 6.33. The van der Waals surface area contributed by atoms with Gasteiger partial charge in [-0.1, -0.05) is 24.3 Å². The predicted molar refractivity (Wildman–Crippen MR) is 114 cm³/mol. The van der Waals surface area contributed by atoms with Crippen molar-refractivity contribution in [3.05, 3.63) is 83.9 Å². The summed E-state index contributed by atoms with van der Waals surface area (Å²) >= 11 is 0. The Morgan fingerprint density at radius 3 is 2.55 bits per heavy atom. The summed E-state index contributed by atoms with van der Waals surface area (Å²) in [6.45, 7) is 1.98. The molecule has 0 atom stereocenters. The van der Waals surface area contributed by atoms with Gasteiger partial charge in [-0.3, -0.25) is 9.78 Å². The maximum absolute atomic E-state index is 13.1. The number of ether oxygens (including phenoxy) is 1. The van der Waals surface area contributed by atoms with E-state index in [0.29, 0.717) is 18.7 Å². The number of carbonyl (C=O) groups is 1. The van der Waals surface area contributed by atoms with Crippen LogP contribution in [0.15, 0.2) is 67.0 Å². The molecule has 0 aliphatic rings. The van der Waals surface area contributed by atoms with Crippen molar-refractivity contribution in [3.63, 3.8) is 0 Å². The quantitative estimate of drug-likeness (QED) is 0.523. The molecule has 0 unspecified atom stereocenters. The molecule has 1 heterocycles. The van der Waals surface area contributed by atoms with E-state index >= 15 is 0 Å². The van der Waals surface area contributed by atoms with E-state index in [9.17, 15) is 9.18 Å². The zero-order valence-corrected chi connectivity index (χ0v) is 16.6. The standard InChI is InChI=1S/C22H22FN3O2.ClH/c23-20-3-1-2-16(12-20)8-9-25-10-11-28-21-6-4-17(5-7-21)18-13-19(22(24)27)15-26-14-18;/h1-7,12-15,25H,8-11H2,(H2,24,27);1H. The molecule has 3 aromatic rings. The Morgan fingerprint density at radius 2 is 1.83 bits per heavy atom. The highest BCUT2D eigenvalue weighted by molar-refractivity contribution is 5.93. The normalized spacial score (nSPS) is 10.2. The third kappa shape index (κ3) is 6.85. The summed E-state index contributed by atoms with van der Waals surface area (Å²) in [5, 5.41) is 3.28. The lowest BCUT2D eigenvalue weighted by Gasteiger charge is -2.09. The Labute approximate surface area is 175 Å².